The molecule has 17 heavy (non-hydrogen) atoms. The zero-order valence-electron chi connectivity index (χ0n) is 10.8. The summed E-state index contributed by atoms with van der Waals surface area (Å²) in [6, 6.07) is 8.58. The predicted octanol–water partition coefficient (Wildman–Crippen LogP) is 2.82. The monoisotopic (exact) mass is 232 g/mol. The molecule has 0 bridgehead atoms. The van der Waals surface area contributed by atoms with Crippen LogP contribution in [0, 0.1) is 5.41 Å². The highest BCUT2D eigenvalue weighted by Crippen LogP contribution is 2.36. The van der Waals surface area contributed by atoms with Crippen LogP contribution < -0.4 is 11.1 Å². The number of hydrogen-bond acceptors (Lipinski definition) is 2. The number of hydrogen-bond donors (Lipinski definition) is 2. The van der Waals surface area contributed by atoms with E-state index in [1.165, 1.54) is 36.8 Å². The van der Waals surface area contributed by atoms with Gasteiger partial charge in [-0.2, -0.15) is 0 Å². The first-order valence-electron chi connectivity index (χ1n) is 6.70. The van der Waals surface area contributed by atoms with Gasteiger partial charge < -0.3 is 11.1 Å². The van der Waals surface area contributed by atoms with Crippen LogP contribution in [-0.4, -0.2) is 6.54 Å². The summed E-state index contributed by atoms with van der Waals surface area (Å²) < 4.78 is 0. The molecule has 0 heterocycles. The second-order valence-corrected chi connectivity index (χ2v) is 5.64. The highest BCUT2D eigenvalue weighted by atomic mass is 14.9. The smallest absolute Gasteiger partial charge is 0.0205 e. The third kappa shape index (κ3) is 3.55. The summed E-state index contributed by atoms with van der Waals surface area (Å²) >= 11 is 0. The van der Waals surface area contributed by atoms with Gasteiger partial charge in [-0.15, -0.1) is 0 Å². The Morgan fingerprint density at radius 1 is 1.12 bits per heavy atom. The number of rotatable bonds is 5. The Balaban J connectivity index is 1.77. The molecule has 94 valence electrons. The molecule has 0 atom stereocenters. The molecule has 2 rings (SSSR count). The van der Waals surface area contributed by atoms with E-state index < -0.39 is 0 Å². The Hall–Kier alpha value is -0.860. The summed E-state index contributed by atoms with van der Waals surface area (Å²) in [5, 5.41) is 3.59. The van der Waals surface area contributed by atoms with Gasteiger partial charge in [-0.05, 0) is 29.4 Å². The molecule has 1 aromatic rings. The van der Waals surface area contributed by atoms with Gasteiger partial charge in [0.05, 0.1) is 0 Å². The van der Waals surface area contributed by atoms with Crippen LogP contribution in [-0.2, 0) is 13.1 Å². The molecule has 0 radical (unpaired) electrons. The fraction of sp³-hybridized carbons (Fsp3) is 0.600. The Labute approximate surface area is 105 Å². The Kier molecular flexibility index (Phi) is 4.19. The lowest BCUT2D eigenvalue weighted by Crippen LogP contribution is -2.29. The van der Waals surface area contributed by atoms with E-state index in [1.54, 1.807) is 0 Å². The average Bonchev–Trinajstić information content (AvgIpc) is 2.77. The van der Waals surface area contributed by atoms with E-state index in [4.69, 9.17) is 5.73 Å². The predicted molar refractivity (Wildman–Crippen MR) is 72.6 cm³/mol. The maximum Gasteiger partial charge on any atom is 0.0205 e. The number of nitrogens with one attached hydrogen (secondary N) is 1. The zero-order valence-corrected chi connectivity index (χ0v) is 10.8. The van der Waals surface area contributed by atoms with Gasteiger partial charge in [0.2, 0.25) is 0 Å². The van der Waals surface area contributed by atoms with Crippen molar-refractivity contribution in [1.82, 2.24) is 5.32 Å². The van der Waals surface area contributed by atoms with Gasteiger partial charge in [0.1, 0.15) is 0 Å². The maximum atomic E-state index is 5.58. The van der Waals surface area contributed by atoms with Gasteiger partial charge in [-0.1, -0.05) is 44.0 Å². The van der Waals surface area contributed by atoms with Crippen molar-refractivity contribution in [2.75, 3.05) is 6.54 Å². The molecule has 1 aliphatic rings. The largest absolute Gasteiger partial charge is 0.326 e. The average molecular weight is 232 g/mol. The van der Waals surface area contributed by atoms with E-state index in [2.05, 4.69) is 36.5 Å². The van der Waals surface area contributed by atoms with Crippen molar-refractivity contribution in [3.8, 4) is 0 Å². The van der Waals surface area contributed by atoms with Crippen LogP contribution in [0.25, 0.3) is 0 Å². The minimum atomic E-state index is 0.539. The molecule has 1 aromatic carbocycles. The summed E-state index contributed by atoms with van der Waals surface area (Å²) in [5.74, 6) is 0. The van der Waals surface area contributed by atoms with E-state index in [9.17, 15) is 0 Å². The van der Waals surface area contributed by atoms with E-state index in [-0.39, 0.29) is 0 Å². The molecular weight excluding hydrogens is 208 g/mol. The van der Waals surface area contributed by atoms with Crippen LogP contribution >= 0.6 is 0 Å². The van der Waals surface area contributed by atoms with Crippen molar-refractivity contribution in [1.29, 1.82) is 0 Å². The second-order valence-electron chi connectivity index (χ2n) is 5.64. The summed E-state index contributed by atoms with van der Waals surface area (Å²) in [5.41, 5.74) is 8.68. The fourth-order valence-corrected chi connectivity index (χ4v) is 2.71. The van der Waals surface area contributed by atoms with Gasteiger partial charge in [0, 0.05) is 19.6 Å². The van der Waals surface area contributed by atoms with Crippen LogP contribution in [0.15, 0.2) is 24.3 Å². The lowest BCUT2D eigenvalue weighted by molar-refractivity contribution is 0.314. The molecule has 3 N–H and O–H groups in total. The normalized spacial score (nSPS) is 18.5. The Morgan fingerprint density at radius 3 is 2.29 bits per heavy atom. The van der Waals surface area contributed by atoms with Gasteiger partial charge >= 0.3 is 0 Å². The number of benzene rings is 1. The molecule has 1 aliphatic carbocycles. The summed E-state index contributed by atoms with van der Waals surface area (Å²) in [4.78, 5) is 0. The second kappa shape index (κ2) is 5.65. The van der Waals surface area contributed by atoms with Crippen LogP contribution in [0.4, 0.5) is 0 Å². The zero-order chi connectivity index (χ0) is 12.1. The van der Waals surface area contributed by atoms with Crippen molar-refractivity contribution in [3.63, 3.8) is 0 Å². The molecule has 0 unspecified atom stereocenters. The standard InChI is InChI=1S/C15H24N2/c1-15(8-2-3-9-15)12-17-11-14-6-4-13(10-16)5-7-14/h4-7,17H,2-3,8-12,16H2,1H3. The van der Waals surface area contributed by atoms with Crippen LogP contribution in [0.2, 0.25) is 0 Å². The molecule has 2 heteroatoms. The van der Waals surface area contributed by atoms with E-state index in [1.807, 2.05) is 0 Å². The molecule has 0 amide bonds. The highest BCUT2D eigenvalue weighted by molar-refractivity contribution is 5.22. The topological polar surface area (TPSA) is 38.0 Å². The number of nitrogens with two attached hydrogens (primary N) is 1. The van der Waals surface area contributed by atoms with E-state index in [0.717, 1.165) is 13.1 Å². The van der Waals surface area contributed by atoms with E-state index in [0.29, 0.717) is 12.0 Å². The molecule has 1 fully saturated rings. The molecule has 2 nitrogen and oxygen atoms in total. The highest BCUT2D eigenvalue weighted by Gasteiger charge is 2.27. The van der Waals surface area contributed by atoms with Crippen molar-refractivity contribution in [2.24, 2.45) is 11.1 Å². The molecule has 1 saturated carbocycles. The summed E-state index contributed by atoms with van der Waals surface area (Å²) in [6.07, 6.45) is 5.57. The minimum Gasteiger partial charge on any atom is -0.326 e. The lowest BCUT2D eigenvalue weighted by Gasteiger charge is -2.23. The quantitative estimate of drug-likeness (QED) is 0.819. The van der Waals surface area contributed by atoms with Gasteiger partial charge in [-0.25, -0.2) is 0 Å². The molecular formula is C15H24N2. The lowest BCUT2D eigenvalue weighted by atomic mass is 9.89. The summed E-state index contributed by atoms with van der Waals surface area (Å²) in [6.45, 7) is 5.16. The van der Waals surface area contributed by atoms with Crippen molar-refractivity contribution < 1.29 is 0 Å². The first-order chi connectivity index (χ1) is 8.22. The van der Waals surface area contributed by atoms with Gasteiger partial charge in [0.25, 0.3) is 0 Å². The fourth-order valence-electron chi connectivity index (χ4n) is 2.71. The SMILES string of the molecule is CC1(CNCc2ccc(CN)cc2)CCCC1. The first-order valence-corrected chi connectivity index (χ1v) is 6.70. The maximum absolute atomic E-state index is 5.58. The minimum absolute atomic E-state index is 0.539. The third-order valence-corrected chi connectivity index (χ3v) is 3.95. The van der Waals surface area contributed by atoms with Crippen LogP contribution in [0.1, 0.15) is 43.7 Å². The third-order valence-electron chi connectivity index (χ3n) is 3.95. The van der Waals surface area contributed by atoms with Crippen LogP contribution in [0.5, 0.6) is 0 Å². The van der Waals surface area contributed by atoms with E-state index >= 15 is 0 Å². The van der Waals surface area contributed by atoms with Crippen molar-refractivity contribution in [2.45, 2.75) is 45.7 Å². The Bertz CT molecular complexity index is 336. The molecule has 0 aliphatic heterocycles. The first kappa shape index (κ1) is 12.6. The van der Waals surface area contributed by atoms with Crippen molar-refractivity contribution >= 4 is 0 Å². The van der Waals surface area contributed by atoms with Gasteiger partial charge in [0.15, 0.2) is 0 Å². The van der Waals surface area contributed by atoms with Crippen LogP contribution in [0.3, 0.4) is 0 Å². The summed E-state index contributed by atoms with van der Waals surface area (Å²) in [7, 11) is 0. The molecule has 0 saturated heterocycles. The molecule has 0 aromatic heterocycles. The van der Waals surface area contributed by atoms with Gasteiger partial charge in [-0.3, -0.25) is 0 Å². The van der Waals surface area contributed by atoms with Crippen molar-refractivity contribution in [3.05, 3.63) is 35.4 Å². The Morgan fingerprint density at radius 2 is 1.71 bits per heavy atom. The molecule has 0 spiro atoms.